The van der Waals surface area contributed by atoms with E-state index in [1.165, 1.54) is 0 Å². The summed E-state index contributed by atoms with van der Waals surface area (Å²) in [6.45, 7) is 12.1. The van der Waals surface area contributed by atoms with E-state index >= 15 is 0 Å². The third-order valence-corrected chi connectivity index (χ3v) is 10.1. The highest BCUT2D eigenvalue weighted by atomic mass is 79.9. The van der Waals surface area contributed by atoms with Gasteiger partial charge in [-0.25, -0.2) is 9.37 Å². The van der Waals surface area contributed by atoms with Gasteiger partial charge in [-0.05, 0) is 65.7 Å². The van der Waals surface area contributed by atoms with Crippen molar-refractivity contribution in [2.75, 3.05) is 0 Å². The maximum atomic E-state index is 14.9. The molecule has 0 fully saturated rings. The Labute approximate surface area is 224 Å². The highest BCUT2D eigenvalue weighted by molar-refractivity contribution is 9.10. The van der Waals surface area contributed by atoms with Crippen LogP contribution in [0.3, 0.4) is 0 Å². The average Bonchev–Trinajstić information content (AvgIpc) is 3.23. The van der Waals surface area contributed by atoms with Gasteiger partial charge in [0.05, 0.1) is 14.1 Å². The summed E-state index contributed by atoms with van der Waals surface area (Å²) in [4.78, 5) is 4.51. The smallest absolute Gasteiger partial charge is 0.167 e. The summed E-state index contributed by atoms with van der Waals surface area (Å²) in [5, 5.41) is 5.99. The zero-order valence-corrected chi connectivity index (χ0v) is 24.8. The van der Waals surface area contributed by atoms with Crippen molar-refractivity contribution in [3.05, 3.63) is 76.3 Å². The molecule has 1 N–H and O–H groups in total. The number of hydrogen-bond acceptors (Lipinski definition) is 5. The zero-order valence-electron chi connectivity index (χ0n) is 21.4. The number of nitrogens with one attached hydrogen (secondary N) is 1. The largest absolute Gasteiger partial charge is 0.598 e. The first kappa shape index (κ1) is 27.0. The van der Waals surface area contributed by atoms with Gasteiger partial charge in [-0.3, -0.25) is 0 Å². The van der Waals surface area contributed by atoms with Gasteiger partial charge in [0.25, 0.3) is 0 Å². The van der Waals surface area contributed by atoms with Gasteiger partial charge in [0.2, 0.25) is 0 Å². The lowest BCUT2D eigenvalue weighted by Gasteiger charge is -2.29. The van der Waals surface area contributed by atoms with E-state index in [0.717, 1.165) is 27.9 Å². The highest BCUT2D eigenvalue weighted by Gasteiger charge is 2.32. The highest BCUT2D eigenvalue weighted by Crippen LogP contribution is 2.35. The number of aromatic nitrogens is 2. The third-order valence-electron chi connectivity index (χ3n) is 5.97. The van der Waals surface area contributed by atoms with Crippen LogP contribution in [0.5, 0.6) is 0 Å². The Kier molecular flexibility index (Phi) is 7.78. The van der Waals surface area contributed by atoms with E-state index in [-0.39, 0.29) is 16.5 Å². The second-order valence-electron chi connectivity index (χ2n) is 10.9. The van der Waals surface area contributed by atoms with Crippen molar-refractivity contribution in [3.8, 4) is 11.3 Å². The SMILES string of the molecule is CC(C)(C)[S@+]([O-])NC(Cc1cc([Si](C)(C)C)c(F)c(Br)n1)c1ccccc1-c1noc2ccccc12. The molecule has 4 aromatic rings. The number of rotatable bonds is 7. The number of nitrogens with zero attached hydrogens (tertiary/aromatic N) is 2. The second-order valence-corrected chi connectivity index (χ2v) is 18.7. The first-order valence-electron chi connectivity index (χ1n) is 11.8. The monoisotopic (exact) mass is 587 g/mol. The zero-order chi connectivity index (χ0) is 26.3. The van der Waals surface area contributed by atoms with E-state index in [9.17, 15) is 8.94 Å². The summed E-state index contributed by atoms with van der Waals surface area (Å²) in [7, 11) is -1.97. The molecule has 0 aliphatic rings. The molecular weight excluding hydrogens is 557 g/mol. The molecule has 0 saturated heterocycles. The van der Waals surface area contributed by atoms with Gasteiger partial charge in [0.15, 0.2) is 11.4 Å². The van der Waals surface area contributed by atoms with Gasteiger partial charge < -0.3 is 9.08 Å². The molecule has 9 heteroatoms. The molecule has 2 aromatic heterocycles. The summed E-state index contributed by atoms with van der Waals surface area (Å²) in [6.07, 6.45) is 0.422. The molecule has 0 aliphatic heterocycles. The molecule has 0 amide bonds. The molecule has 0 bridgehead atoms. The fraction of sp³-hybridized carbons (Fsp3) is 0.333. The summed E-state index contributed by atoms with van der Waals surface area (Å²) >= 11 is 1.97. The number of pyridine rings is 1. The van der Waals surface area contributed by atoms with Crippen LogP contribution < -0.4 is 9.91 Å². The number of benzene rings is 2. The molecule has 2 aromatic carbocycles. The van der Waals surface area contributed by atoms with Crippen molar-refractivity contribution in [1.29, 1.82) is 0 Å². The number of halogens is 2. The Balaban J connectivity index is 1.83. The standard InChI is InChI=1S/C27H31BrFN3O2SSi/c1-27(2,3)35(33)32-21(15-17-16-23(36(4,5)6)24(29)26(28)30-17)18-11-7-8-12-19(18)25-20-13-9-10-14-22(20)34-31-25/h7-14,16,21,32H,15H2,1-6H3/t21?,35-/m0/s1. The van der Waals surface area contributed by atoms with E-state index in [1.54, 1.807) is 0 Å². The maximum absolute atomic E-state index is 14.9. The van der Waals surface area contributed by atoms with Gasteiger partial charge >= 0.3 is 0 Å². The van der Waals surface area contributed by atoms with E-state index < -0.39 is 24.2 Å². The molecule has 2 heterocycles. The van der Waals surface area contributed by atoms with E-state index in [1.807, 2.05) is 75.4 Å². The van der Waals surface area contributed by atoms with Crippen LogP contribution in [0, 0.1) is 5.82 Å². The summed E-state index contributed by atoms with van der Waals surface area (Å²) in [5.74, 6) is -0.296. The van der Waals surface area contributed by atoms with Crippen molar-refractivity contribution in [1.82, 2.24) is 14.9 Å². The van der Waals surface area contributed by atoms with Gasteiger partial charge in [-0.15, -0.1) is 4.72 Å². The minimum atomic E-state index is -1.97. The molecule has 2 atom stereocenters. The predicted octanol–water partition coefficient (Wildman–Crippen LogP) is 6.67. The normalized spacial score (nSPS) is 14.2. The Hall–Kier alpha value is -2.04. The molecular formula is C27H31BrFN3O2SSi. The molecule has 0 aliphatic carbocycles. The minimum absolute atomic E-state index is 0.212. The second kappa shape index (κ2) is 10.4. The van der Waals surface area contributed by atoms with E-state index in [4.69, 9.17) is 4.52 Å². The topological polar surface area (TPSA) is 74.0 Å². The van der Waals surface area contributed by atoms with Gasteiger partial charge in [-0.1, -0.05) is 61.2 Å². The Morgan fingerprint density at radius 3 is 2.47 bits per heavy atom. The Morgan fingerprint density at radius 1 is 1.11 bits per heavy atom. The molecule has 1 unspecified atom stereocenters. The first-order valence-corrected chi connectivity index (χ1v) is 17.3. The van der Waals surface area contributed by atoms with Crippen molar-refractivity contribution < 1.29 is 13.5 Å². The van der Waals surface area contributed by atoms with Crippen molar-refractivity contribution in [2.24, 2.45) is 0 Å². The Bertz CT molecular complexity index is 1380. The van der Waals surface area contributed by atoms with E-state index in [0.29, 0.717) is 17.2 Å². The van der Waals surface area contributed by atoms with Crippen molar-refractivity contribution in [3.63, 3.8) is 0 Å². The van der Waals surface area contributed by atoms with Crippen LogP contribution in [-0.2, 0) is 17.8 Å². The molecule has 0 radical (unpaired) electrons. The van der Waals surface area contributed by atoms with Crippen LogP contribution in [0.15, 0.2) is 63.7 Å². The van der Waals surface area contributed by atoms with Crippen LogP contribution in [-0.4, -0.2) is 27.5 Å². The van der Waals surface area contributed by atoms with Gasteiger partial charge in [0, 0.05) is 34.4 Å². The predicted molar refractivity (Wildman–Crippen MR) is 152 cm³/mol. The molecule has 4 rings (SSSR count). The molecule has 36 heavy (non-hydrogen) atoms. The lowest BCUT2D eigenvalue weighted by Crippen LogP contribution is -2.43. The van der Waals surface area contributed by atoms with Crippen molar-refractivity contribution >= 4 is 51.5 Å². The average molecular weight is 589 g/mol. The minimum Gasteiger partial charge on any atom is -0.598 e. The van der Waals surface area contributed by atoms with Crippen LogP contribution >= 0.6 is 15.9 Å². The molecule has 5 nitrogen and oxygen atoms in total. The third kappa shape index (κ3) is 5.75. The number of fused-ring (bicyclic) bond motifs is 1. The first-order chi connectivity index (χ1) is 16.9. The van der Waals surface area contributed by atoms with Gasteiger partial charge in [-0.2, -0.15) is 0 Å². The molecule has 0 spiro atoms. The molecule has 190 valence electrons. The fourth-order valence-corrected chi connectivity index (χ4v) is 6.85. The number of hydrogen-bond donors (Lipinski definition) is 1. The van der Waals surface area contributed by atoms with Gasteiger partial charge in [0.1, 0.15) is 15.0 Å². The summed E-state index contributed by atoms with van der Waals surface area (Å²) < 4.78 is 36.9. The van der Waals surface area contributed by atoms with Crippen LogP contribution in [0.25, 0.3) is 22.2 Å². The van der Waals surface area contributed by atoms with Crippen LogP contribution in [0.4, 0.5) is 4.39 Å². The molecule has 0 saturated carbocycles. The number of para-hydroxylation sites is 1. The lowest BCUT2D eigenvalue weighted by atomic mass is 9.94. The van der Waals surface area contributed by atoms with Crippen LogP contribution in [0.2, 0.25) is 19.6 Å². The fourth-order valence-electron chi connectivity index (χ4n) is 4.03. The lowest BCUT2D eigenvalue weighted by molar-refractivity contribution is 0.459. The van der Waals surface area contributed by atoms with Crippen molar-refractivity contribution in [2.45, 2.75) is 57.6 Å². The quantitative estimate of drug-likeness (QED) is 0.148. The summed E-state index contributed by atoms with van der Waals surface area (Å²) in [5.41, 5.74) is 3.96. The maximum Gasteiger partial charge on any atom is 0.167 e. The summed E-state index contributed by atoms with van der Waals surface area (Å²) in [6, 6.07) is 17.1. The Morgan fingerprint density at radius 2 is 1.78 bits per heavy atom. The van der Waals surface area contributed by atoms with Crippen LogP contribution in [0.1, 0.15) is 38.1 Å². The van der Waals surface area contributed by atoms with E-state index in [2.05, 4.69) is 50.4 Å².